The molecule has 0 aliphatic rings. The number of primary amides is 1. The maximum Gasteiger partial charge on any atom is 0.250 e. The van der Waals surface area contributed by atoms with Crippen molar-refractivity contribution in [2.24, 2.45) is 5.73 Å². The van der Waals surface area contributed by atoms with Crippen LogP contribution in [0.15, 0.2) is 28.7 Å². The van der Waals surface area contributed by atoms with E-state index in [9.17, 15) is 4.79 Å². The van der Waals surface area contributed by atoms with Crippen molar-refractivity contribution >= 4 is 50.5 Å². The lowest BCUT2D eigenvalue weighted by Crippen LogP contribution is -2.11. The van der Waals surface area contributed by atoms with E-state index in [1.807, 2.05) is 0 Å². The Bertz CT molecular complexity index is 608. The van der Waals surface area contributed by atoms with E-state index in [0.717, 1.165) is 10.2 Å². The number of nitrogens with two attached hydrogens (primary N) is 1. The van der Waals surface area contributed by atoms with Crippen molar-refractivity contribution in [1.82, 2.24) is 0 Å². The minimum Gasteiger partial charge on any atom is -0.380 e. The molecule has 100 valence electrons. The van der Waals surface area contributed by atoms with E-state index in [4.69, 9.17) is 17.3 Å². The lowest BCUT2D eigenvalue weighted by molar-refractivity contribution is 0.100. The van der Waals surface area contributed by atoms with Crippen molar-refractivity contribution in [2.75, 3.05) is 5.32 Å². The van der Waals surface area contributed by atoms with Gasteiger partial charge in [0, 0.05) is 26.5 Å². The molecule has 1 amide bonds. The van der Waals surface area contributed by atoms with Crippen molar-refractivity contribution in [3.05, 3.63) is 49.1 Å². The summed E-state index contributed by atoms with van der Waals surface area (Å²) in [5.41, 5.74) is 6.40. The Morgan fingerprint density at radius 1 is 1.47 bits per heavy atom. The zero-order valence-electron chi connectivity index (χ0n) is 10.2. The zero-order valence-corrected chi connectivity index (χ0v) is 13.3. The molecule has 0 bridgehead atoms. The number of hydrogen-bond acceptors (Lipinski definition) is 3. The molecule has 0 aliphatic heterocycles. The fraction of sp³-hybridized carbons (Fsp3) is 0.154. The Labute approximate surface area is 128 Å². The van der Waals surface area contributed by atoms with E-state index >= 15 is 0 Å². The van der Waals surface area contributed by atoms with E-state index in [-0.39, 0.29) is 0 Å². The van der Waals surface area contributed by atoms with Gasteiger partial charge in [0.15, 0.2) is 0 Å². The minimum absolute atomic E-state index is 0.335. The third-order valence-electron chi connectivity index (χ3n) is 2.61. The molecule has 6 heteroatoms. The van der Waals surface area contributed by atoms with E-state index < -0.39 is 5.91 Å². The molecule has 19 heavy (non-hydrogen) atoms. The van der Waals surface area contributed by atoms with Crippen molar-refractivity contribution in [1.29, 1.82) is 0 Å². The van der Waals surface area contributed by atoms with Crippen LogP contribution in [-0.4, -0.2) is 5.91 Å². The summed E-state index contributed by atoms with van der Waals surface area (Å²) < 4.78 is 1.12. The Hall–Kier alpha value is -1.04. The smallest absolute Gasteiger partial charge is 0.250 e. The van der Waals surface area contributed by atoms with Crippen LogP contribution in [0.2, 0.25) is 5.02 Å². The number of nitrogens with one attached hydrogen (secondary N) is 1. The molecule has 1 heterocycles. The summed E-state index contributed by atoms with van der Waals surface area (Å²) in [6.45, 7) is 2.78. The van der Waals surface area contributed by atoms with E-state index in [1.54, 1.807) is 29.5 Å². The van der Waals surface area contributed by atoms with Crippen LogP contribution >= 0.6 is 38.9 Å². The van der Waals surface area contributed by atoms with E-state index in [2.05, 4.69) is 34.2 Å². The van der Waals surface area contributed by atoms with Gasteiger partial charge < -0.3 is 11.1 Å². The lowest BCUT2D eigenvalue weighted by atomic mass is 10.2. The number of halogens is 2. The highest BCUT2D eigenvalue weighted by Crippen LogP contribution is 2.27. The normalized spacial score (nSPS) is 10.5. The highest BCUT2D eigenvalue weighted by atomic mass is 79.9. The third kappa shape index (κ3) is 3.49. The van der Waals surface area contributed by atoms with Gasteiger partial charge in [0.05, 0.1) is 10.6 Å². The molecule has 0 saturated heterocycles. The predicted octanol–water partition coefficient (Wildman–Crippen LogP) is 4.18. The van der Waals surface area contributed by atoms with Crippen LogP contribution in [0.4, 0.5) is 5.69 Å². The lowest BCUT2D eigenvalue weighted by Gasteiger charge is -2.07. The summed E-state index contributed by atoms with van der Waals surface area (Å²) in [5.74, 6) is -0.519. The fourth-order valence-electron chi connectivity index (χ4n) is 1.62. The number of thiophene rings is 1. The van der Waals surface area contributed by atoms with Gasteiger partial charge in [-0.15, -0.1) is 11.3 Å². The topological polar surface area (TPSA) is 55.1 Å². The Morgan fingerprint density at radius 3 is 2.74 bits per heavy atom. The average Bonchev–Trinajstić information content (AvgIpc) is 2.66. The zero-order chi connectivity index (χ0) is 14.0. The molecule has 3 N–H and O–H groups in total. The summed E-state index contributed by atoms with van der Waals surface area (Å²) in [6, 6.07) is 7.22. The largest absolute Gasteiger partial charge is 0.380 e. The number of carbonyl (C=O) groups is 1. The first kappa shape index (κ1) is 14.4. The third-order valence-corrected chi connectivity index (χ3v) is 5.06. The van der Waals surface area contributed by atoms with Crippen molar-refractivity contribution < 1.29 is 4.79 Å². The maximum absolute atomic E-state index is 11.1. The quantitative estimate of drug-likeness (QED) is 0.860. The molecule has 0 radical (unpaired) electrons. The molecule has 0 saturated carbocycles. The molecular formula is C13H12BrClN2OS. The number of anilines is 1. The second-order valence-corrected chi connectivity index (χ2v) is 6.63. The fourth-order valence-corrected chi connectivity index (χ4v) is 3.43. The van der Waals surface area contributed by atoms with Gasteiger partial charge in [0.2, 0.25) is 5.91 Å². The summed E-state index contributed by atoms with van der Waals surface area (Å²) in [4.78, 5) is 13.5. The van der Waals surface area contributed by atoms with Crippen LogP contribution < -0.4 is 11.1 Å². The second-order valence-electron chi connectivity index (χ2n) is 4.03. The van der Waals surface area contributed by atoms with Crippen LogP contribution in [0, 0.1) is 6.92 Å². The SMILES string of the molecule is Cc1sc(CNc2ccc(C(N)=O)c(Cl)c2)cc1Br. The van der Waals surface area contributed by atoms with Gasteiger partial charge >= 0.3 is 0 Å². The Kier molecular flexibility index (Phi) is 4.50. The van der Waals surface area contributed by atoms with Gasteiger partial charge in [-0.1, -0.05) is 11.6 Å². The Morgan fingerprint density at radius 2 is 2.21 bits per heavy atom. The molecule has 0 atom stereocenters. The summed E-state index contributed by atoms with van der Waals surface area (Å²) in [6.07, 6.45) is 0. The first-order valence-corrected chi connectivity index (χ1v) is 7.54. The van der Waals surface area contributed by atoms with Crippen LogP contribution in [0.5, 0.6) is 0 Å². The van der Waals surface area contributed by atoms with E-state index in [0.29, 0.717) is 17.1 Å². The van der Waals surface area contributed by atoms with Crippen LogP contribution in [0.1, 0.15) is 20.1 Å². The molecule has 1 aromatic heterocycles. The molecule has 0 aliphatic carbocycles. The molecule has 0 fully saturated rings. The molecule has 0 unspecified atom stereocenters. The van der Waals surface area contributed by atoms with Gasteiger partial charge in [-0.2, -0.15) is 0 Å². The van der Waals surface area contributed by atoms with E-state index in [1.165, 1.54) is 9.75 Å². The highest BCUT2D eigenvalue weighted by molar-refractivity contribution is 9.10. The van der Waals surface area contributed by atoms with Crippen LogP contribution in [-0.2, 0) is 6.54 Å². The predicted molar refractivity (Wildman–Crippen MR) is 84.1 cm³/mol. The second kappa shape index (κ2) is 5.94. The number of carbonyl (C=O) groups excluding carboxylic acids is 1. The molecule has 2 rings (SSSR count). The standard InChI is InChI=1S/C13H12BrClN2OS/c1-7-11(14)5-9(19-7)6-17-8-2-3-10(13(16)18)12(15)4-8/h2-5,17H,6H2,1H3,(H2,16,18). The number of rotatable bonds is 4. The number of benzene rings is 1. The van der Waals surface area contributed by atoms with Crippen molar-refractivity contribution in [3.63, 3.8) is 0 Å². The van der Waals surface area contributed by atoms with Crippen molar-refractivity contribution in [2.45, 2.75) is 13.5 Å². The van der Waals surface area contributed by atoms with Crippen molar-refractivity contribution in [3.8, 4) is 0 Å². The molecule has 0 spiro atoms. The highest BCUT2D eigenvalue weighted by Gasteiger charge is 2.07. The molecule has 3 nitrogen and oxygen atoms in total. The first-order valence-electron chi connectivity index (χ1n) is 5.55. The molecular weight excluding hydrogens is 348 g/mol. The van der Waals surface area contributed by atoms with Gasteiger partial charge in [-0.05, 0) is 47.1 Å². The summed E-state index contributed by atoms with van der Waals surface area (Å²) in [7, 11) is 0. The van der Waals surface area contributed by atoms with Gasteiger partial charge in [0.25, 0.3) is 0 Å². The number of amides is 1. The van der Waals surface area contributed by atoms with Crippen LogP contribution in [0.3, 0.4) is 0 Å². The van der Waals surface area contributed by atoms with Crippen LogP contribution in [0.25, 0.3) is 0 Å². The number of hydrogen-bond donors (Lipinski definition) is 2. The minimum atomic E-state index is -0.519. The number of aryl methyl sites for hydroxylation is 1. The summed E-state index contributed by atoms with van der Waals surface area (Å²) >= 11 is 11.2. The average molecular weight is 360 g/mol. The maximum atomic E-state index is 11.1. The van der Waals surface area contributed by atoms with Gasteiger partial charge in [0.1, 0.15) is 0 Å². The molecule has 2 aromatic rings. The van der Waals surface area contributed by atoms with Gasteiger partial charge in [-0.25, -0.2) is 0 Å². The Balaban J connectivity index is 2.08. The first-order chi connectivity index (χ1) is 8.97. The monoisotopic (exact) mass is 358 g/mol. The molecule has 1 aromatic carbocycles. The van der Waals surface area contributed by atoms with Gasteiger partial charge in [-0.3, -0.25) is 4.79 Å². The summed E-state index contributed by atoms with van der Waals surface area (Å²) in [5, 5.41) is 3.62.